The van der Waals surface area contributed by atoms with Gasteiger partial charge in [-0.3, -0.25) is 9.59 Å². The number of likely N-dealkylation sites (N-methyl/N-ethyl adjacent to an activating group) is 1. The van der Waals surface area contributed by atoms with Crippen LogP contribution in [0, 0.1) is 17.6 Å². The minimum absolute atomic E-state index is 0.0377. The van der Waals surface area contributed by atoms with Crippen LogP contribution in [0.15, 0.2) is 35.5 Å². The molecule has 2 fully saturated rings. The number of fused-ring (bicyclic) bond motifs is 5. The third kappa shape index (κ3) is 3.78. The molecule has 4 aromatic heterocycles. The number of pyridine rings is 3. The Labute approximate surface area is 249 Å². The number of nitrogens with zero attached hydrogens (tertiary/aromatic N) is 6. The minimum Gasteiger partial charge on any atom is -0.477 e. The molecule has 0 spiro atoms. The zero-order valence-corrected chi connectivity index (χ0v) is 24.5. The number of anilines is 2. The molecule has 11 nitrogen and oxygen atoms in total. The fourth-order valence-electron chi connectivity index (χ4n) is 7.34. The lowest BCUT2D eigenvalue weighted by Gasteiger charge is -2.38. The maximum atomic E-state index is 15.9. The number of carboxylic acids is 1. The molecule has 0 bridgehead atoms. The van der Waals surface area contributed by atoms with Crippen molar-refractivity contribution in [2.45, 2.75) is 18.9 Å². The first-order valence-electron chi connectivity index (χ1n) is 14.1. The average molecular weight is 602 g/mol. The number of aromatic carboxylic acids is 1. The molecule has 1 aromatic carbocycles. The number of benzene rings is 1. The molecule has 2 aliphatic heterocycles. The molecule has 1 amide bonds. The molecule has 0 aliphatic carbocycles. The third-order valence-corrected chi connectivity index (χ3v) is 9.43. The van der Waals surface area contributed by atoms with Gasteiger partial charge in [0.25, 0.3) is 0 Å². The average Bonchev–Trinajstić information content (AvgIpc) is 3.62. The van der Waals surface area contributed by atoms with E-state index in [0.29, 0.717) is 52.4 Å². The molecule has 2 aliphatic rings. The van der Waals surface area contributed by atoms with Crippen molar-refractivity contribution in [3.05, 3.63) is 58.1 Å². The fraction of sp³-hybridized carbons (Fsp3) is 0.323. The highest BCUT2D eigenvalue weighted by Crippen LogP contribution is 2.50. The third-order valence-electron chi connectivity index (χ3n) is 9.43. The maximum Gasteiger partial charge on any atom is 0.341 e. The Morgan fingerprint density at radius 3 is 2.70 bits per heavy atom. The van der Waals surface area contributed by atoms with Crippen molar-refractivity contribution in [2.75, 3.05) is 43.5 Å². The van der Waals surface area contributed by atoms with Crippen molar-refractivity contribution < 1.29 is 23.5 Å². The predicted octanol–water partition coefficient (Wildman–Crippen LogP) is 3.73. The molecule has 6 heterocycles. The van der Waals surface area contributed by atoms with Gasteiger partial charge in [-0.15, -0.1) is 0 Å². The Kier molecular flexibility index (Phi) is 6.05. The molecule has 44 heavy (non-hydrogen) atoms. The first-order chi connectivity index (χ1) is 20.9. The summed E-state index contributed by atoms with van der Waals surface area (Å²) in [5.41, 5.74) is 1.15. The molecular weight excluding hydrogens is 572 g/mol. The van der Waals surface area contributed by atoms with Gasteiger partial charge in [0.15, 0.2) is 11.6 Å². The number of likely N-dealkylation sites (tertiary alicyclic amines) is 1. The quantitative estimate of drug-likeness (QED) is 0.292. The fourth-order valence-corrected chi connectivity index (χ4v) is 7.34. The molecular formula is C31H29F2N7O4. The molecule has 2 saturated heterocycles. The summed E-state index contributed by atoms with van der Waals surface area (Å²) in [6, 6.07) is 2.56. The van der Waals surface area contributed by atoms with Crippen LogP contribution in [0.1, 0.15) is 23.7 Å². The van der Waals surface area contributed by atoms with Crippen molar-refractivity contribution in [1.29, 1.82) is 0 Å². The Balaban J connectivity index is 1.60. The molecule has 5 aromatic rings. The van der Waals surface area contributed by atoms with Gasteiger partial charge in [-0.1, -0.05) is 0 Å². The van der Waals surface area contributed by atoms with E-state index in [1.54, 1.807) is 25.5 Å². The monoisotopic (exact) mass is 601 g/mol. The summed E-state index contributed by atoms with van der Waals surface area (Å²) in [6.45, 7) is 4.41. The number of H-pyrrole nitrogens is 1. The zero-order chi connectivity index (χ0) is 31.2. The van der Waals surface area contributed by atoms with Gasteiger partial charge < -0.3 is 29.4 Å². The predicted molar refractivity (Wildman–Crippen MR) is 162 cm³/mol. The van der Waals surface area contributed by atoms with Crippen LogP contribution in [0.25, 0.3) is 44.1 Å². The number of carbonyl (C=O) groups is 2. The SMILES string of the molecule is CN1C[C@@H]2CCN(c3c(-c4cnc5c(c4)c(=O)c(C(=O)O)cn5C)cnc4[nH]c5c(N(C)C=O)cc(F)c(F)c5c34)[C@]2(C)C1. The molecule has 0 radical (unpaired) electrons. The maximum absolute atomic E-state index is 15.9. The number of amides is 1. The number of carbonyl (C=O) groups excluding carboxylic acids is 1. The van der Waals surface area contributed by atoms with Crippen molar-refractivity contribution in [2.24, 2.45) is 13.0 Å². The number of hydrogen-bond donors (Lipinski definition) is 2. The van der Waals surface area contributed by atoms with E-state index in [1.807, 2.05) is 0 Å². The van der Waals surface area contributed by atoms with Crippen LogP contribution in [0.4, 0.5) is 20.2 Å². The van der Waals surface area contributed by atoms with E-state index in [0.717, 1.165) is 25.6 Å². The van der Waals surface area contributed by atoms with Crippen molar-refractivity contribution in [3.63, 3.8) is 0 Å². The van der Waals surface area contributed by atoms with Crippen LogP contribution >= 0.6 is 0 Å². The number of halogens is 2. The Morgan fingerprint density at radius 1 is 1.20 bits per heavy atom. The van der Waals surface area contributed by atoms with Crippen LogP contribution in [-0.2, 0) is 11.8 Å². The summed E-state index contributed by atoms with van der Waals surface area (Å²) in [5, 5.41) is 10.0. The van der Waals surface area contributed by atoms with Crippen LogP contribution in [0.2, 0.25) is 0 Å². The number of rotatable bonds is 5. The molecule has 226 valence electrons. The number of hydrogen-bond acceptors (Lipinski definition) is 7. The molecule has 0 saturated carbocycles. The van der Waals surface area contributed by atoms with Gasteiger partial charge in [-0.05, 0) is 32.4 Å². The van der Waals surface area contributed by atoms with Crippen LogP contribution in [-0.4, -0.2) is 81.2 Å². The lowest BCUT2D eigenvalue weighted by atomic mass is 9.89. The number of carboxylic acid groups (broad SMARTS) is 1. The number of aryl methyl sites for hydroxylation is 1. The van der Waals surface area contributed by atoms with E-state index in [4.69, 9.17) is 0 Å². The summed E-state index contributed by atoms with van der Waals surface area (Å²) >= 11 is 0. The smallest absolute Gasteiger partial charge is 0.341 e. The van der Waals surface area contributed by atoms with E-state index >= 15 is 8.78 Å². The lowest BCUT2D eigenvalue weighted by molar-refractivity contribution is -0.107. The lowest BCUT2D eigenvalue weighted by Crippen LogP contribution is -2.47. The Hall–Kier alpha value is -4.91. The van der Waals surface area contributed by atoms with Gasteiger partial charge in [-0.25, -0.2) is 23.5 Å². The van der Waals surface area contributed by atoms with Crippen molar-refractivity contribution in [3.8, 4) is 11.1 Å². The van der Waals surface area contributed by atoms with Crippen LogP contribution in [0.3, 0.4) is 0 Å². The highest BCUT2D eigenvalue weighted by molar-refractivity contribution is 6.19. The summed E-state index contributed by atoms with van der Waals surface area (Å²) in [6.07, 6.45) is 5.81. The van der Waals surface area contributed by atoms with E-state index in [1.165, 1.54) is 22.7 Å². The van der Waals surface area contributed by atoms with Crippen molar-refractivity contribution >= 4 is 56.7 Å². The highest BCUT2D eigenvalue weighted by atomic mass is 19.2. The van der Waals surface area contributed by atoms with E-state index < -0.39 is 28.6 Å². The minimum atomic E-state index is -1.35. The zero-order valence-electron chi connectivity index (χ0n) is 24.5. The number of nitrogens with one attached hydrogen (secondary N) is 1. The van der Waals surface area contributed by atoms with E-state index in [9.17, 15) is 19.5 Å². The van der Waals surface area contributed by atoms with Gasteiger partial charge in [0.1, 0.15) is 16.9 Å². The molecule has 0 unspecified atom stereocenters. The summed E-state index contributed by atoms with van der Waals surface area (Å²) in [5.74, 6) is -3.22. The summed E-state index contributed by atoms with van der Waals surface area (Å²) in [7, 11) is 5.12. The summed E-state index contributed by atoms with van der Waals surface area (Å²) in [4.78, 5) is 54.7. The largest absolute Gasteiger partial charge is 0.477 e. The topological polar surface area (TPSA) is 128 Å². The highest BCUT2D eigenvalue weighted by Gasteiger charge is 2.51. The molecule has 13 heteroatoms. The second kappa shape index (κ2) is 9.55. The molecule has 2 N–H and O–H groups in total. The standard InChI is InChI=1S/C31H29F2N7O4/c1-31-13-37(2)11-16(31)5-6-40(31)26-18(15-7-17-27(42)19(30(43)44)12-38(3)29(17)35-9-15)10-34-28-23(26)22-24(33)20(32)8-21(25(22)36-28)39(4)14-41/h7-10,12,14,16H,5-6,11,13H2,1-4H3,(H,34,36)(H,43,44)/t16-,31+/m0/s1. The van der Waals surface area contributed by atoms with Crippen molar-refractivity contribution in [1.82, 2.24) is 24.4 Å². The van der Waals surface area contributed by atoms with Gasteiger partial charge in [0.2, 0.25) is 11.8 Å². The van der Waals surface area contributed by atoms with E-state index in [2.05, 4.69) is 38.7 Å². The second-order valence-corrected chi connectivity index (χ2v) is 12.1. The van der Waals surface area contributed by atoms with Gasteiger partial charge in [0.05, 0.1) is 38.6 Å². The van der Waals surface area contributed by atoms with Gasteiger partial charge in [0, 0.05) is 69.5 Å². The summed E-state index contributed by atoms with van der Waals surface area (Å²) < 4.78 is 32.6. The normalized spacial score (nSPS) is 20.2. The Bertz CT molecular complexity index is 2130. The van der Waals surface area contributed by atoms with Crippen LogP contribution < -0.4 is 15.2 Å². The first-order valence-corrected chi connectivity index (χ1v) is 14.1. The first kappa shape index (κ1) is 27.9. The molecule has 2 atom stereocenters. The van der Waals surface area contributed by atoms with Gasteiger partial charge >= 0.3 is 5.97 Å². The number of aromatic amines is 1. The van der Waals surface area contributed by atoms with E-state index in [-0.39, 0.29) is 27.5 Å². The van der Waals surface area contributed by atoms with Gasteiger partial charge in [-0.2, -0.15) is 0 Å². The Morgan fingerprint density at radius 2 is 1.98 bits per heavy atom. The molecule has 7 rings (SSSR count). The number of aromatic nitrogens is 4. The second-order valence-electron chi connectivity index (χ2n) is 12.1. The van der Waals surface area contributed by atoms with Crippen LogP contribution in [0.5, 0.6) is 0 Å².